The van der Waals surface area contributed by atoms with Crippen molar-refractivity contribution in [3.05, 3.63) is 35.9 Å². The van der Waals surface area contributed by atoms with Crippen molar-refractivity contribution in [1.29, 1.82) is 5.26 Å². The van der Waals surface area contributed by atoms with Crippen molar-refractivity contribution < 1.29 is 4.74 Å². The predicted molar refractivity (Wildman–Crippen MR) is 106 cm³/mol. The molecule has 4 rings (SSSR count). The van der Waals surface area contributed by atoms with Gasteiger partial charge in [0.2, 0.25) is 5.88 Å². The van der Waals surface area contributed by atoms with E-state index in [-0.39, 0.29) is 0 Å². The van der Waals surface area contributed by atoms with E-state index >= 15 is 0 Å². The first-order valence-electron chi connectivity index (χ1n) is 8.40. The Balaban J connectivity index is 2.21. The average Bonchev–Trinajstić information content (AvgIpc) is 3.05. The molecule has 8 heteroatoms. The zero-order valence-corrected chi connectivity index (χ0v) is 15.9. The molecule has 0 aliphatic rings. The Morgan fingerprint density at radius 2 is 1.96 bits per heavy atom. The lowest BCUT2D eigenvalue weighted by Crippen LogP contribution is -2.11. The van der Waals surface area contributed by atoms with Crippen molar-refractivity contribution in [2.45, 2.75) is 6.92 Å². The standard InChI is InChI=1S/C19H16N6OS/c1-4-26-18-12(10-20)13(11-8-6-5-7-9-11)14-15-16(27-19(14)21-18)17(25(2)3)23-24-22-15/h5-9H,4H2,1-3H3. The summed E-state index contributed by atoms with van der Waals surface area (Å²) in [6.07, 6.45) is 0. The van der Waals surface area contributed by atoms with Crippen molar-refractivity contribution in [1.82, 2.24) is 20.4 Å². The molecule has 27 heavy (non-hydrogen) atoms. The fourth-order valence-electron chi connectivity index (χ4n) is 3.03. The molecular weight excluding hydrogens is 360 g/mol. The van der Waals surface area contributed by atoms with Crippen LogP contribution in [0, 0.1) is 11.3 Å². The quantitative estimate of drug-likeness (QED) is 0.537. The molecule has 0 aliphatic carbocycles. The van der Waals surface area contributed by atoms with Crippen molar-refractivity contribution in [2.75, 3.05) is 25.6 Å². The van der Waals surface area contributed by atoms with Crippen LogP contribution < -0.4 is 9.64 Å². The Morgan fingerprint density at radius 3 is 2.63 bits per heavy atom. The molecule has 0 fully saturated rings. The second kappa shape index (κ2) is 6.78. The van der Waals surface area contributed by atoms with E-state index in [4.69, 9.17) is 4.74 Å². The molecule has 7 nitrogen and oxygen atoms in total. The van der Waals surface area contributed by atoms with Gasteiger partial charge >= 0.3 is 0 Å². The summed E-state index contributed by atoms with van der Waals surface area (Å²) in [6, 6.07) is 12.0. The van der Waals surface area contributed by atoms with Crippen LogP contribution in [0.1, 0.15) is 12.5 Å². The molecule has 0 aliphatic heterocycles. The van der Waals surface area contributed by atoms with Crippen molar-refractivity contribution >= 4 is 37.6 Å². The molecule has 0 amide bonds. The fourth-order valence-corrected chi connectivity index (χ4v) is 4.20. The molecule has 0 saturated heterocycles. The molecule has 0 spiro atoms. The minimum Gasteiger partial charge on any atom is -0.477 e. The number of hydrogen-bond acceptors (Lipinski definition) is 8. The third-order valence-electron chi connectivity index (χ3n) is 4.15. The molecule has 0 bridgehead atoms. The molecule has 1 aromatic carbocycles. The third kappa shape index (κ3) is 2.73. The van der Waals surface area contributed by atoms with E-state index in [0.29, 0.717) is 23.6 Å². The Kier molecular flexibility index (Phi) is 4.30. The molecule has 3 heterocycles. The number of pyridine rings is 1. The number of aromatic nitrogens is 4. The van der Waals surface area contributed by atoms with E-state index in [1.54, 1.807) is 0 Å². The van der Waals surface area contributed by atoms with Crippen LogP contribution in [-0.2, 0) is 0 Å². The molecule has 3 aromatic heterocycles. The summed E-state index contributed by atoms with van der Waals surface area (Å²) in [7, 11) is 3.82. The maximum atomic E-state index is 9.88. The Morgan fingerprint density at radius 1 is 1.19 bits per heavy atom. The Bertz CT molecular complexity index is 1180. The number of nitriles is 1. The fraction of sp³-hybridized carbons (Fsp3) is 0.211. The van der Waals surface area contributed by atoms with Crippen LogP contribution >= 0.6 is 11.3 Å². The predicted octanol–water partition coefficient (Wildman–Crippen LogP) is 3.64. The van der Waals surface area contributed by atoms with Crippen molar-refractivity contribution in [2.24, 2.45) is 0 Å². The first-order chi connectivity index (χ1) is 13.2. The van der Waals surface area contributed by atoms with Crippen molar-refractivity contribution in [3.8, 4) is 23.1 Å². The van der Waals surface area contributed by atoms with Gasteiger partial charge < -0.3 is 9.64 Å². The van der Waals surface area contributed by atoms with Gasteiger partial charge in [-0.3, -0.25) is 0 Å². The third-order valence-corrected chi connectivity index (χ3v) is 5.22. The lowest BCUT2D eigenvalue weighted by Gasteiger charge is -2.11. The summed E-state index contributed by atoms with van der Waals surface area (Å²) in [6.45, 7) is 2.30. The van der Waals surface area contributed by atoms with Gasteiger partial charge in [-0.25, -0.2) is 4.98 Å². The lowest BCUT2D eigenvalue weighted by atomic mass is 9.98. The van der Waals surface area contributed by atoms with E-state index in [2.05, 4.69) is 26.5 Å². The SMILES string of the molecule is CCOc1nc2sc3c(N(C)C)nnnc3c2c(-c2ccccc2)c1C#N. The highest BCUT2D eigenvalue weighted by Crippen LogP contribution is 2.44. The maximum absolute atomic E-state index is 9.88. The van der Waals surface area contributed by atoms with Gasteiger partial charge in [-0.2, -0.15) is 5.26 Å². The second-order valence-electron chi connectivity index (χ2n) is 6.05. The van der Waals surface area contributed by atoms with Crippen molar-refractivity contribution in [3.63, 3.8) is 0 Å². The molecule has 0 unspecified atom stereocenters. The Labute approximate surface area is 159 Å². The van der Waals surface area contributed by atoms with Gasteiger partial charge in [-0.05, 0) is 17.7 Å². The topological polar surface area (TPSA) is 87.8 Å². The number of rotatable bonds is 4. The monoisotopic (exact) mass is 376 g/mol. The van der Waals surface area contributed by atoms with Gasteiger partial charge in [-0.15, -0.1) is 21.5 Å². The van der Waals surface area contributed by atoms with Gasteiger partial charge in [0.15, 0.2) is 5.82 Å². The number of hydrogen-bond donors (Lipinski definition) is 0. The van der Waals surface area contributed by atoms with E-state index in [1.807, 2.05) is 56.3 Å². The summed E-state index contributed by atoms with van der Waals surface area (Å²) in [5, 5.41) is 23.0. The van der Waals surface area contributed by atoms with Gasteiger partial charge in [0.25, 0.3) is 0 Å². The van der Waals surface area contributed by atoms with Crippen LogP contribution in [0.3, 0.4) is 0 Å². The number of anilines is 1. The molecule has 0 saturated carbocycles. The number of benzene rings is 1. The van der Waals surface area contributed by atoms with Crippen LogP contribution in [0.4, 0.5) is 5.82 Å². The first kappa shape index (κ1) is 17.1. The summed E-state index contributed by atoms with van der Waals surface area (Å²) >= 11 is 1.48. The van der Waals surface area contributed by atoms with Crippen LogP contribution in [0.15, 0.2) is 30.3 Å². The van der Waals surface area contributed by atoms with Crippen LogP contribution in [0.5, 0.6) is 5.88 Å². The second-order valence-corrected chi connectivity index (χ2v) is 7.04. The molecule has 4 aromatic rings. The zero-order valence-electron chi connectivity index (χ0n) is 15.1. The maximum Gasteiger partial charge on any atom is 0.233 e. The summed E-state index contributed by atoms with van der Waals surface area (Å²) in [5.41, 5.74) is 2.77. The summed E-state index contributed by atoms with van der Waals surface area (Å²) in [5.74, 6) is 1.06. The van der Waals surface area contributed by atoms with Gasteiger partial charge in [0.1, 0.15) is 26.7 Å². The van der Waals surface area contributed by atoms with Gasteiger partial charge in [0.05, 0.1) is 6.61 Å². The number of ether oxygens (including phenoxy) is 1. The number of nitrogens with zero attached hydrogens (tertiary/aromatic N) is 6. The highest BCUT2D eigenvalue weighted by atomic mass is 32.1. The summed E-state index contributed by atoms with van der Waals surface area (Å²) in [4.78, 5) is 7.26. The minimum absolute atomic E-state index is 0.338. The molecule has 134 valence electrons. The van der Waals surface area contributed by atoms with E-state index < -0.39 is 0 Å². The minimum atomic E-state index is 0.338. The highest BCUT2D eigenvalue weighted by Gasteiger charge is 2.24. The molecule has 0 radical (unpaired) electrons. The average molecular weight is 376 g/mol. The van der Waals surface area contributed by atoms with Gasteiger partial charge in [-0.1, -0.05) is 30.3 Å². The van der Waals surface area contributed by atoms with Gasteiger partial charge in [0, 0.05) is 25.0 Å². The highest BCUT2D eigenvalue weighted by molar-refractivity contribution is 7.26. The van der Waals surface area contributed by atoms with Crippen LogP contribution in [0.25, 0.3) is 31.6 Å². The smallest absolute Gasteiger partial charge is 0.233 e. The van der Waals surface area contributed by atoms with E-state index in [0.717, 1.165) is 31.9 Å². The first-order valence-corrected chi connectivity index (χ1v) is 9.22. The largest absolute Gasteiger partial charge is 0.477 e. The Hall–Kier alpha value is -3.31. The lowest BCUT2D eigenvalue weighted by molar-refractivity contribution is 0.327. The van der Waals surface area contributed by atoms with E-state index in [1.165, 1.54) is 11.3 Å². The van der Waals surface area contributed by atoms with E-state index in [9.17, 15) is 5.26 Å². The number of thiophene rings is 1. The molecular formula is C19H16N6OS. The zero-order chi connectivity index (χ0) is 19.0. The molecule has 0 atom stereocenters. The normalized spacial score (nSPS) is 10.9. The summed E-state index contributed by atoms with van der Waals surface area (Å²) < 4.78 is 6.56. The van der Waals surface area contributed by atoms with Crippen LogP contribution in [-0.4, -0.2) is 41.1 Å². The molecule has 0 N–H and O–H groups in total. The van der Waals surface area contributed by atoms with Crippen LogP contribution in [0.2, 0.25) is 0 Å². The number of fused-ring (bicyclic) bond motifs is 3.